The summed E-state index contributed by atoms with van der Waals surface area (Å²) in [5.41, 5.74) is 0. The van der Waals surface area contributed by atoms with Crippen LogP contribution in [0.25, 0.3) is 0 Å². The Morgan fingerprint density at radius 2 is 2.30 bits per heavy atom. The van der Waals surface area contributed by atoms with Crippen molar-refractivity contribution in [1.82, 2.24) is 4.90 Å². The van der Waals surface area contributed by atoms with E-state index in [1.165, 1.54) is 0 Å². The molecular weight excluding hydrogens is 131 g/mol. The van der Waals surface area contributed by atoms with Crippen molar-refractivity contribution in [3.8, 4) is 6.07 Å². The molecule has 0 fully saturated rings. The van der Waals surface area contributed by atoms with E-state index in [9.17, 15) is 4.39 Å². The first kappa shape index (κ1) is 9.38. The first-order valence-corrected chi connectivity index (χ1v) is 3.38. The minimum Gasteiger partial charge on any atom is -0.291 e. The number of hydrogen-bond acceptors (Lipinski definition) is 2. The molecule has 0 N–H and O–H groups in total. The lowest BCUT2D eigenvalue weighted by Gasteiger charge is -2.17. The lowest BCUT2D eigenvalue weighted by atomic mass is 10.3. The van der Waals surface area contributed by atoms with Gasteiger partial charge < -0.3 is 0 Å². The van der Waals surface area contributed by atoms with Gasteiger partial charge in [0.2, 0.25) is 0 Å². The first-order valence-electron chi connectivity index (χ1n) is 3.38. The van der Waals surface area contributed by atoms with Crippen molar-refractivity contribution in [2.75, 3.05) is 20.3 Å². The predicted octanol–water partition coefficient (Wildman–Crippen LogP) is 1.19. The number of alkyl halides is 1. The smallest absolute Gasteiger partial charge is 0.0946 e. The molecule has 1 unspecified atom stereocenters. The fraction of sp³-hybridized carbons (Fsp3) is 0.857. The molecule has 0 saturated carbocycles. The number of rotatable bonds is 4. The summed E-state index contributed by atoms with van der Waals surface area (Å²) in [5, 5.41) is 8.42. The molecule has 0 saturated heterocycles. The zero-order valence-electron chi connectivity index (χ0n) is 6.47. The summed E-state index contributed by atoms with van der Waals surface area (Å²) in [6.07, 6.45) is 0.516. The highest BCUT2D eigenvalue weighted by Gasteiger charge is 2.05. The van der Waals surface area contributed by atoms with Gasteiger partial charge in [-0.2, -0.15) is 5.26 Å². The molecule has 0 aromatic rings. The van der Waals surface area contributed by atoms with Crippen molar-refractivity contribution < 1.29 is 4.39 Å². The minimum absolute atomic E-state index is 0.105. The summed E-state index contributed by atoms with van der Waals surface area (Å²) in [5.74, 6) is 0. The monoisotopic (exact) mass is 144 g/mol. The normalized spacial score (nSPS) is 13.1. The fourth-order valence-corrected chi connectivity index (χ4v) is 0.601. The van der Waals surface area contributed by atoms with Gasteiger partial charge in [-0.1, -0.05) is 0 Å². The molecule has 0 aliphatic carbocycles. The molecule has 0 amide bonds. The van der Waals surface area contributed by atoms with Gasteiger partial charge in [0.1, 0.15) is 0 Å². The van der Waals surface area contributed by atoms with E-state index >= 15 is 0 Å². The van der Waals surface area contributed by atoms with E-state index in [0.717, 1.165) is 0 Å². The van der Waals surface area contributed by atoms with Crippen LogP contribution in [-0.2, 0) is 0 Å². The maximum absolute atomic E-state index is 11.6. The Hall–Kier alpha value is -0.620. The average molecular weight is 144 g/mol. The van der Waals surface area contributed by atoms with Gasteiger partial charge >= 0.3 is 0 Å². The van der Waals surface area contributed by atoms with Crippen LogP contribution in [0.3, 0.4) is 0 Å². The summed E-state index contributed by atoms with van der Waals surface area (Å²) < 4.78 is 11.6. The largest absolute Gasteiger partial charge is 0.291 e. The Balaban J connectivity index is 3.43. The summed E-state index contributed by atoms with van der Waals surface area (Å²) in [6, 6.07) is 1.97. The predicted molar refractivity (Wildman–Crippen MR) is 38.3 cm³/mol. The lowest BCUT2D eigenvalue weighted by molar-refractivity contribution is 0.283. The molecule has 0 spiro atoms. The Morgan fingerprint density at radius 3 is 2.70 bits per heavy atom. The molecule has 0 aliphatic heterocycles. The molecule has 1 atom stereocenters. The third-order valence-electron chi connectivity index (χ3n) is 1.49. The standard InChI is InChI=1S/C7H13FN2/c1-7(6-9)10(2)5-3-4-8/h7H,3-5H2,1-2H3. The van der Waals surface area contributed by atoms with E-state index in [0.29, 0.717) is 13.0 Å². The van der Waals surface area contributed by atoms with Crippen molar-refractivity contribution in [2.24, 2.45) is 0 Å². The summed E-state index contributed by atoms with van der Waals surface area (Å²) in [6.45, 7) is 2.16. The van der Waals surface area contributed by atoms with Crippen LogP contribution >= 0.6 is 0 Å². The van der Waals surface area contributed by atoms with E-state index in [-0.39, 0.29) is 12.7 Å². The van der Waals surface area contributed by atoms with Gasteiger partial charge in [0.25, 0.3) is 0 Å². The molecule has 0 bridgehead atoms. The van der Waals surface area contributed by atoms with Gasteiger partial charge in [0, 0.05) is 6.54 Å². The van der Waals surface area contributed by atoms with Crippen LogP contribution in [0.2, 0.25) is 0 Å². The molecule has 3 heteroatoms. The molecule has 0 rings (SSSR count). The molecule has 0 aliphatic rings. The second-order valence-electron chi connectivity index (χ2n) is 2.33. The quantitative estimate of drug-likeness (QED) is 0.592. The summed E-state index contributed by atoms with van der Waals surface area (Å²) in [4.78, 5) is 1.83. The highest BCUT2D eigenvalue weighted by molar-refractivity contribution is 4.86. The van der Waals surface area contributed by atoms with Gasteiger partial charge in [0.15, 0.2) is 0 Å². The molecule has 0 aromatic carbocycles. The second-order valence-corrected chi connectivity index (χ2v) is 2.33. The van der Waals surface area contributed by atoms with E-state index in [1.54, 1.807) is 6.92 Å². The number of nitrogens with zero attached hydrogens (tertiary/aromatic N) is 2. The Labute approximate surface area is 61.2 Å². The van der Waals surface area contributed by atoms with Gasteiger partial charge in [-0.05, 0) is 20.4 Å². The fourth-order valence-electron chi connectivity index (χ4n) is 0.601. The zero-order valence-corrected chi connectivity index (χ0v) is 6.47. The summed E-state index contributed by atoms with van der Waals surface area (Å²) in [7, 11) is 1.82. The Bertz CT molecular complexity index is 119. The second kappa shape index (κ2) is 5.19. The third kappa shape index (κ3) is 3.41. The van der Waals surface area contributed by atoms with Crippen LogP contribution in [0.15, 0.2) is 0 Å². The van der Waals surface area contributed by atoms with E-state index in [4.69, 9.17) is 5.26 Å². The maximum atomic E-state index is 11.6. The van der Waals surface area contributed by atoms with Crippen LogP contribution in [-0.4, -0.2) is 31.2 Å². The molecule has 58 valence electrons. The number of nitriles is 1. The van der Waals surface area contributed by atoms with Crippen LogP contribution in [0, 0.1) is 11.3 Å². The summed E-state index contributed by atoms with van der Waals surface area (Å²) >= 11 is 0. The Morgan fingerprint density at radius 1 is 1.70 bits per heavy atom. The lowest BCUT2D eigenvalue weighted by Crippen LogP contribution is -2.28. The van der Waals surface area contributed by atoms with E-state index in [2.05, 4.69) is 6.07 Å². The van der Waals surface area contributed by atoms with E-state index < -0.39 is 0 Å². The van der Waals surface area contributed by atoms with Crippen molar-refractivity contribution in [3.05, 3.63) is 0 Å². The third-order valence-corrected chi connectivity index (χ3v) is 1.49. The van der Waals surface area contributed by atoms with Crippen molar-refractivity contribution in [1.29, 1.82) is 5.26 Å². The number of halogens is 1. The average Bonchev–Trinajstić information content (AvgIpc) is 1.98. The topological polar surface area (TPSA) is 27.0 Å². The van der Waals surface area contributed by atoms with Gasteiger partial charge in [-0.25, -0.2) is 0 Å². The molecule has 2 nitrogen and oxygen atoms in total. The number of hydrogen-bond donors (Lipinski definition) is 0. The molecule has 10 heavy (non-hydrogen) atoms. The van der Waals surface area contributed by atoms with Crippen LogP contribution in [0.1, 0.15) is 13.3 Å². The van der Waals surface area contributed by atoms with Crippen molar-refractivity contribution in [2.45, 2.75) is 19.4 Å². The highest BCUT2D eigenvalue weighted by Crippen LogP contribution is 1.94. The maximum Gasteiger partial charge on any atom is 0.0946 e. The Kier molecular flexibility index (Phi) is 4.87. The van der Waals surface area contributed by atoms with Crippen molar-refractivity contribution >= 4 is 0 Å². The van der Waals surface area contributed by atoms with Gasteiger partial charge in [-0.3, -0.25) is 9.29 Å². The molecule has 0 radical (unpaired) electrons. The van der Waals surface area contributed by atoms with Crippen LogP contribution in [0.5, 0.6) is 0 Å². The molecule has 0 heterocycles. The molecule has 0 aromatic heterocycles. The van der Waals surface area contributed by atoms with Crippen LogP contribution in [0.4, 0.5) is 4.39 Å². The zero-order chi connectivity index (χ0) is 7.98. The highest BCUT2D eigenvalue weighted by atomic mass is 19.1. The SMILES string of the molecule is CC(C#N)N(C)CCCF. The van der Waals surface area contributed by atoms with E-state index in [1.807, 2.05) is 11.9 Å². The van der Waals surface area contributed by atoms with Crippen molar-refractivity contribution in [3.63, 3.8) is 0 Å². The van der Waals surface area contributed by atoms with Gasteiger partial charge in [-0.15, -0.1) is 0 Å². The van der Waals surface area contributed by atoms with Crippen LogP contribution < -0.4 is 0 Å². The van der Waals surface area contributed by atoms with Gasteiger partial charge in [0.05, 0.1) is 18.8 Å². The first-order chi connectivity index (χ1) is 4.72. The molecular formula is C7H13FN2. The minimum atomic E-state index is -0.303.